The third kappa shape index (κ3) is 2.37. The van der Waals surface area contributed by atoms with Crippen LogP contribution in [-0.4, -0.2) is 6.04 Å². The van der Waals surface area contributed by atoms with Crippen LogP contribution < -0.4 is 5.73 Å². The lowest BCUT2D eigenvalue weighted by molar-refractivity contribution is 0.393. The molecule has 1 aliphatic rings. The molecule has 0 bridgehead atoms. The Labute approximate surface area is 93.8 Å². The van der Waals surface area contributed by atoms with Gasteiger partial charge in [0.1, 0.15) is 0 Å². The summed E-state index contributed by atoms with van der Waals surface area (Å²) in [5.41, 5.74) is 7.43. The molecule has 76 valence electrons. The number of halogens is 1. The second kappa shape index (κ2) is 4.45. The molecule has 1 aromatic carbocycles. The minimum atomic E-state index is 0.410. The van der Waals surface area contributed by atoms with Crippen LogP contribution in [0.4, 0.5) is 0 Å². The van der Waals surface area contributed by atoms with E-state index in [0.717, 1.165) is 6.42 Å². The van der Waals surface area contributed by atoms with Crippen LogP contribution in [0.5, 0.6) is 0 Å². The van der Waals surface area contributed by atoms with E-state index in [1.54, 1.807) is 0 Å². The highest BCUT2D eigenvalue weighted by Gasteiger charge is 2.20. The van der Waals surface area contributed by atoms with E-state index in [4.69, 9.17) is 5.73 Å². The largest absolute Gasteiger partial charge is 0.328 e. The van der Waals surface area contributed by atoms with Crippen LogP contribution in [0.25, 0.3) is 0 Å². The fraction of sp³-hybridized carbons (Fsp3) is 0.500. The number of hydrogen-bond donors (Lipinski definition) is 1. The maximum Gasteiger partial charge on any atom is 0.0178 e. The molecular formula is C12H16BrN. The predicted octanol–water partition coefficient (Wildman–Crippen LogP) is 3.43. The van der Waals surface area contributed by atoms with Crippen molar-refractivity contribution in [2.24, 2.45) is 5.73 Å². The standard InChI is InChI=1S/C12H16BrN/c13-11-5-1-3-9(7-11)10-4-2-6-12(14)8-10/h1,3,5,7,10,12H,2,4,6,8,14H2. The zero-order valence-corrected chi connectivity index (χ0v) is 9.83. The van der Waals surface area contributed by atoms with Gasteiger partial charge in [0.05, 0.1) is 0 Å². The average molecular weight is 254 g/mol. The lowest BCUT2D eigenvalue weighted by atomic mass is 9.82. The van der Waals surface area contributed by atoms with Gasteiger partial charge in [-0.25, -0.2) is 0 Å². The second-order valence-electron chi connectivity index (χ2n) is 4.18. The zero-order valence-electron chi connectivity index (χ0n) is 8.25. The van der Waals surface area contributed by atoms with Gasteiger partial charge in [-0.05, 0) is 42.9 Å². The summed E-state index contributed by atoms with van der Waals surface area (Å²) in [5, 5.41) is 0. The Morgan fingerprint density at radius 3 is 2.86 bits per heavy atom. The Hall–Kier alpha value is -0.340. The summed E-state index contributed by atoms with van der Waals surface area (Å²) in [6.07, 6.45) is 4.92. The first-order valence-electron chi connectivity index (χ1n) is 5.27. The Morgan fingerprint density at radius 1 is 1.29 bits per heavy atom. The first kappa shape index (κ1) is 10.2. The van der Waals surface area contributed by atoms with Crippen molar-refractivity contribution in [1.82, 2.24) is 0 Å². The van der Waals surface area contributed by atoms with E-state index >= 15 is 0 Å². The fourth-order valence-corrected chi connectivity index (χ4v) is 2.71. The first-order chi connectivity index (χ1) is 6.75. The van der Waals surface area contributed by atoms with Crippen molar-refractivity contribution in [2.75, 3.05) is 0 Å². The Bertz CT molecular complexity index is 311. The molecule has 1 aliphatic carbocycles. The van der Waals surface area contributed by atoms with Crippen LogP contribution in [0.2, 0.25) is 0 Å². The Morgan fingerprint density at radius 2 is 2.14 bits per heavy atom. The van der Waals surface area contributed by atoms with Crippen molar-refractivity contribution in [2.45, 2.75) is 37.6 Å². The minimum absolute atomic E-state index is 0.410. The molecule has 0 amide bonds. The summed E-state index contributed by atoms with van der Waals surface area (Å²) < 4.78 is 1.18. The van der Waals surface area contributed by atoms with Gasteiger partial charge in [0.25, 0.3) is 0 Å². The molecule has 0 aliphatic heterocycles. The predicted molar refractivity (Wildman–Crippen MR) is 63.3 cm³/mol. The van der Waals surface area contributed by atoms with Crippen LogP contribution in [0.1, 0.15) is 37.2 Å². The molecule has 2 N–H and O–H groups in total. The maximum atomic E-state index is 5.99. The highest BCUT2D eigenvalue weighted by molar-refractivity contribution is 9.10. The fourth-order valence-electron chi connectivity index (χ4n) is 2.29. The van der Waals surface area contributed by atoms with E-state index in [-0.39, 0.29) is 0 Å². The van der Waals surface area contributed by atoms with Gasteiger partial charge < -0.3 is 5.73 Å². The smallest absolute Gasteiger partial charge is 0.0178 e. The van der Waals surface area contributed by atoms with Crippen molar-refractivity contribution in [3.05, 3.63) is 34.3 Å². The van der Waals surface area contributed by atoms with E-state index in [2.05, 4.69) is 40.2 Å². The van der Waals surface area contributed by atoms with Gasteiger partial charge in [-0.15, -0.1) is 0 Å². The Kier molecular flexibility index (Phi) is 3.24. The van der Waals surface area contributed by atoms with Crippen molar-refractivity contribution in [3.63, 3.8) is 0 Å². The highest BCUT2D eigenvalue weighted by Crippen LogP contribution is 2.32. The number of rotatable bonds is 1. The monoisotopic (exact) mass is 253 g/mol. The first-order valence-corrected chi connectivity index (χ1v) is 6.06. The molecule has 1 fully saturated rings. The van der Waals surface area contributed by atoms with Crippen LogP contribution in [0, 0.1) is 0 Å². The lowest BCUT2D eigenvalue weighted by Gasteiger charge is -2.26. The van der Waals surface area contributed by atoms with Crippen molar-refractivity contribution >= 4 is 15.9 Å². The summed E-state index contributed by atoms with van der Waals surface area (Å²) in [5.74, 6) is 0.677. The molecule has 2 atom stereocenters. The van der Waals surface area contributed by atoms with Gasteiger partial charge in [0.2, 0.25) is 0 Å². The molecule has 1 nitrogen and oxygen atoms in total. The van der Waals surface area contributed by atoms with Gasteiger partial charge in [-0.2, -0.15) is 0 Å². The van der Waals surface area contributed by atoms with E-state index in [9.17, 15) is 0 Å². The van der Waals surface area contributed by atoms with Crippen LogP contribution >= 0.6 is 15.9 Å². The molecule has 2 rings (SSSR count). The van der Waals surface area contributed by atoms with Crippen LogP contribution in [0.3, 0.4) is 0 Å². The quantitative estimate of drug-likeness (QED) is 0.816. The normalized spacial score (nSPS) is 27.6. The van der Waals surface area contributed by atoms with Gasteiger partial charge in [0, 0.05) is 10.5 Å². The number of hydrogen-bond acceptors (Lipinski definition) is 1. The Balaban J connectivity index is 2.14. The molecule has 14 heavy (non-hydrogen) atoms. The minimum Gasteiger partial charge on any atom is -0.328 e. The van der Waals surface area contributed by atoms with E-state index in [1.165, 1.54) is 29.3 Å². The van der Waals surface area contributed by atoms with Gasteiger partial charge in [-0.1, -0.05) is 34.5 Å². The molecule has 0 aromatic heterocycles. The number of benzene rings is 1. The number of nitrogens with two attached hydrogens (primary N) is 1. The lowest BCUT2D eigenvalue weighted by Crippen LogP contribution is -2.26. The third-order valence-corrected chi connectivity index (χ3v) is 3.53. The topological polar surface area (TPSA) is 26.0 Å². The molecule has 0 radical (unpaired) electrons. The maximum absolute atomic E-state index is 5.99. The van der Waals surface area contributed by atoms with Crippen LogP contribution in [0.15, 0.2) is 28.7 Å². The molecule has 2 heteroatoms. The molecule has 2 unspecified atom stereocenters. The van der Waals surface area contributed by atoms with E-state index < -0.39 is 0 Å². The van der Waals surface area contributed by atoms with Gasteiger partial charge >= 0.3 is 0 Å². The molecule has 0 spiro atoms. The van der Waals surface area contributed by atoms with Crippen molar-refractivity contribution in [3.8, 4) is 0 Å². The average Bonchev–Trinajstić information content (AvgIpc) is 2.18. The summed E-state index contributed by atoms with van der Waals surface area (Å²) in [7, 11) is 0. The molecule has 0 heterocycles. The second-order valence-corrected chi connectivity index (χ2v) is 5.09. The van der Waals surface area contributed by atoms with Crippen LogP contribution in [-0.2, 0) is 0 Å². The highest BCUT2D eigenvalue weighted by atomic mass is 79.9. The summed E-state index contributed by atoms with van der Waals surface area (Å²) in [6, 6.07) is 9.04. The summed E-state index contributed by atoms with van der Waals surface area (Å²) in [6.45, 7) is 0. The van der Waals surface area contributed by atoms with Crippen molar-refractivity contribution < 1.29 is 0 Å². The third-order valence-electron chi connectivity index (χ3n) is 3.03. The van der Waals surface area contributed by atoms with E-state index in [1.807, 2.05) is 0 Å². The van der Waals surface area contributed by atoms with Gasteiger partial charge in [-0.3, -0.25) is 0 Å². The SMILES string of the molecule is NC1CCCC(c2cccc(Br)c2)C1. The molecular weight excluding hydrogens is 238 g/mol. The molecule has 0 saturated heterocycles. The van der Waals surface area contributed by atoms with E-state index in [0.29, 0.717) is 12.0 Å². The van der Waals surface area contributed by atoms with Crippen molar-refractivity contribution in [1.29, 1.82) is 0 Å². The zero-order chi connectivity index (χ0) is 9.97. The van der Waals surface area contributed by atoms with Gasteiger partial charge in [0.15, 0.2) is 0 Å². The molecule has 1 aromatic rings. The molecule has 1 saturated carbocycles. The summed E-state index contributed by atoms with van der Waals surface area (Å²) in [4.78, 5) is 0. The summed E-state index contributed by atoms with van der Waals surface area (Å²) >= 11 is 3.51.